The fourth-order valence-electron chi connectivity index (χ4n) is 1.78. The molecular weight excluding hydrogens is 316 g/mol. The van der Waals surface area contributed by atoms with Crippen LogP contribution < -0.4 is 15.4 Å². The number of amides is 2. The van der Waals surface area contributed by atoms with Gasteiger partial charge in [0.25, 0.3) is 5.91 Å². The van der Waals surface area contributed by atoms with E-state index in [2.05, 4.69) is 19.4 Å². The fraction of sp³-hybridized carbons (Fsp3) is 0.333. The molecule has 2 rings (SSSR count). The molecule has 2 N–H and O–H groups in total. The molecular formula is C15H18N4O3S. The third kappa shape index (κ3) is 5.03. The molecule has 1 aromatic carbocycles. The fourth-order valence-corrected chi connectivity index (χ4v) is 2.33. The van der Waals surface area contributed by atoms with Crippen molar-refractivity contribution in [2.75, 3.05) is 13.1 Å². The van der Waals surface area contributed by atoms with Crippen molar-refractivity contribution < 1.29 is 14.3 Å². The minimum absolute atomic E-state index is 0.0541. The number of nitrogens with one attached hydrogen (secondary N) is 2. The maximum atomic E-state index is 12.0. The minimum atomic E-state index is -0.326. The molecule has 2 amide bonds. The zero-order chi connectivity index (χ0) is 16.7. The summed E-state index contributed by atoms with van der Waals surface area (Å²) < 4.78 is 13.8. The summed E-state index contributed by atoms with van der Waals surface area (Å²) in [5.41, 5.74) is 2.05. The molecule has 1 heterocycles. The number of aromatic nitrogens is 2. The minimum Gasteiger partial charge on any atom is -0.487 e. The molecule has 0 saturated heterocycles. The van der Waals surface area contributed by atoms with E-state index in [9.17, 15) is 9.59 Å². The number of nitrogens with zero attached hydrogens (tertiary/aromatic N) is 2. The van der Waals surface area contributed by atoms with Crippen LogP contribution in [0.1, 0.15) is 28.7 Å². The Balaban J connectivity index is 1.92. The second-order valence-corrected chi connectivity index (χ2v) is 5.28. The third-order valence-electron chi connectivity index (χ3n) is 3.00. The number of hydrogen-bond donors (Lipinski definition) is 2. The van der Waals surface area contributed by atoms with E-state index in [1.54, 1.807) is 24.3 Å². The summed E-state index contributed by atoms with van der Waals surface area (Å²) in [6.45, 7) is 4.46. The van der Waals surface area contributed by atoms with Gasteiger partial charge in [-0.15, -0.1) is 0 Å². The molecule has 0 radical (unpaired) electrons. The molecule has 0 bridgehead atoms. The summed E-state index contributed by atoms with van der Waals surface area (Å²) in [6.07, 6.45) is 0. The van der Waals surface area contributed by atoms with Gasteiger partial charge in [-0.1, -0.05) is 6.07 Å². The van der Waals surface area contributed by atoms with E-state index in [0.717, 1.165) is 23.1 Å². The first-order valence-electron chi connectivity index (χ1n) is 7.16. The van der Waals surface area contributed by atoms with Gasteiger partial charge in [0.15, 0.2) is 0 Å². The van der Waals surface area contributed by atoms with Crippen LogP contribution in [0.2, 0.25) is 0 Å². The first-order chi connectivity index (χ1) is 11.1. The Labute approximate surface area is 138 Å². The van der Waals surface area contributed by atoms with Crippen LogP contribution in [-0.2, 0) is 11.4 Å². The van der Waals surface area contributed by atoms with Gasteiger partial charge >= 0.3 is 0 Å². The lowest BCUT2D eigenvalue weighted by molar-refractivity contribution is -0.120. The van der Waals surface area contributed by atoms with E-state index < -0.39 is 0 Å². The highest BCUT2D eigenvalue weighted by Crippen LogP contribution is 2.16. The summed E-state index contributed by atoms with van der Waals surface area (Å²) in [5, 5.41) is 5.18. The number of rotatable bonds is 7. The van der Waals surface area contributed by atoms with Gasteiger partial charge in [-0.25, -0.2) is 0 Å². The predicted octanol–water partition coefficient (Wildman–Crippen LogP) is 1.29. The molecule has 0 atom stereocenters. The van der Waals surface area contributed by atoms with E-state index in [-0.39, 0.29) is 18.4 Å². The molecule has 0 unspecified atom stereocenters. The summed E-state index contributed by atoms with van der Waals surface area (Å²) in [6, 6.07) is 6.77. The van der Waals surface area contributed by atoms with Gasteiger partial charge in [-0.05, 0) is 32.0 Å². The number of aryl methyl sites for hydroxylation is 1. The van der Waals surface area contributed by atoms with Crippen LogP contribution >= 0.6 is 11.7 Å². The van der Waals surface area contributed by atoms with E-state index in [0.29, 0.717) is 24.5 Å². The van der Waals surface area contributed by atoms with Gasteiger partial charge < -0.3 is 15.4 Å². The van der Waals surface area contributed by atoms with E-state index >= 15 is 0 Å². The number of ether oxygens (including phenoxy) is 1. The second-order valence-electron chi connectivity index (χ2n) is 4.75. The van der Waals surface area contributed by atoms with Crippen LogP contribution in [0.25, 0.3) is 0 Å². The van der Waals surface area contributed by atoms with Crippen molar-refractivity contribution in [3.63, 3.8) is 0 Å². The van der Waals surface area contributed by atoms with Crippen molar-refractivity contribution in [3.8, 4) is 5.75 Å². The molecule has 0 fully saturated rings. The van der Waals surface area contributed by atoms with Crippen molar-refractivity contribution in [1.82, 2.24) is 19.4 Å². The van der Waals surface area contributed by atoms with Crippen molar-refractivity contribution >= 4 is 23.5 Å². The third-order valence-corrected chi connectivity index (χ3v) is 3.66. The number of benzene rings is 1. The van der Waals surface area contributed by atoms with Crippen LogP contribution in [0.15, 0.2) is 24.3 Å². The SMILES string of the molecule is CCNC(=O)CNC(=O)c1cccc(OCc2nsnc2C)c1. The Bertz CT molecular complexity index is 687. The molecule has 1 aromatic heterocycles. The van der Waals surface area contributed by atoms with E-state index in [1.165, 1.54) is 0 Å². The number of carbonyl (C=O) groups excluding carboxylic acids is 2. The summed E-state index contributed by atoms with van der Waals surface area (Å²) in [5.74, 6) is 0.0102. The van der Waals surface area contributed by atoms with Gasteiger partial charge in [0.2, 0.25) is 5.91 Å². The van der Waals surface area contributed by atoms with Gasteiger partial charge in [0.1, 0.15) is 18.1 Å². The molecule has 8 heteroatoms. The van der Waals surface area contributed by atoms with Crippen molar-refractivity contribution in [2.45, 2.75) is 20.5 Å². The second kappa shape index (κ2) is 8.23. The summed E-state index contributed by atoms with van der Waals surface area (Å²) >= 11 is 1.14. The molecule has 0 aliphatic carbocycles. The molecule has 122 valence electrons. The normalized spacial score (nSPS) is 10.2. The van der Waals surface area contributed by atoms with Crippen LogP contribution in [0.5, 0.6) is 5.75 Å². The lowest BCUT2D eigenvalue weighted by Gasteiger charge is -2.08. The zero-order valence-corrected chi connectivity index (χ0v) is 13.8. The quantitative estimate of drug-likeness (QED) is 0.796. The molecule has 0 aliphatic rings. The smallest absolute Gasteiger partial charge is 0.251 e. The van der Waals surface area contributed by atoms with Gasteiger partial charge in [0.05, 0.1) is 24.0 Å². The van der Waals surface area contributed by atoms with E-state index in [4.69, 9.17) is 4.74 Å². The van der Waals surface area contributed by atoms with E-state index in [1.807, 2.05) is 13.8 Å². The van der Waals surface area contributed by atoms with Gasteiger partial charge in [0, 0.05) is 12.1 Å². The van der Waals surface area contributed by atoms with Crippen LogP contribution in [0.4, 0.5) is 0 Å². The highest BCUT2D eigenvalue weighted by atomic mass is 32.1. The van der Waals surface area contributed by atoms with Crippen LogP contribution in [0.3, 0.4) is 0 Å². The maximum Gasteiger partial charge on any atom is 0.251 e. The lowest BCUT2D eigenvalue weighted by Crippen LogP contribution is -2.36. The number of carbonyl (C=O) groups is 2. The Morgan fingerprint density at radius 2 is 2.09 bits per heavy atom. The lowest BCUT2D eigenvalue weighted by atomic mass is 10.2. The molecule has 23 heavy (non-hydrogen) atoms. The molecule has 7 nitrogen and oxygen atoms in total. The Hall–Kier alpha value is -2.48. The number of hydrogen-bond acceptors (Lipinski definition) is 6. The standard InChI is InChI=1S/C15H18N4O3S/c1-3-16-14(20)8-17-15(21)11-5-4-6-12(7-11)22-9-13-10(2)18-23-19-13/h4-7H,3,8-9H2,1-2H3,(H,16,20)(H,17,21). The monoisotopic (exact) mass is 334 g/mol. The van der Waals surface area contributed by atoms with Crippen LogP contribution in [0, 0.1) is 6.92 Å². The molecule has 0 saturated carbocycles. The maximum absolute atomic E-state index is 12.0. The number of likely N-dealkylation sites (N-methyl/N-ethyl adjacent to an activating group) is 1. The Morgan fingerprint density at radius 1 is 1.26 bits per heavy atom. The predicted molar refractivity (Wildman–Crippen MR) is 86.4 cm³/mol. The highest BCUT2D eigenvalue weighted by molar-refractivity contribution is 6.99. The summed E-state index contributed by atoms with van der Waals surface area (Å²) in [4.78, 5) is 23.4. The van der Waals surface area contributed by atoms with Gasteiger partial charge in [-0.2, -0.15) is 8.75 Å². The van der Waals surface area contributed by atoms with Crippen molar-refractivity contribution in [2.24, 2.45) is 0 Å². The molecule has 0 aliphatic heterocycles. The Morgan fingerprint density at radius 3 is 2.78 bits per heavy atom. The summed E-state index contributed by atoms with van der Waals surface area (Å²) in [7, 11) is 0. The molecule has 0 spiro atoms. The van der Waals surface area contributed by atoms with Crippen molar-refractivity contribution in [3.05, 3.63) is 41.2 Å². The van der Waals surface area contributed by atoms with Gasteiger partial charge in [-0.3, -0.25) is 9.59 Å². The Kier molecular flexibility index (Phi) is 6.04. The molecule has 2 aromatic rings. The van der Waals surface area contributed by atoms with Crippen molar-refractivity contribution in [1.29, 1.82) is 0 Å². The average molecular weight is 334 g/mol. The largest absolute Gasteiger partial charge is 0.487 e. The van der Waals surface area contributed by atoms with Crippen LogP contribution in [-0.4, -0.2) is 33.7 Å². The topological polar surface area (TPSA) is 93.2 Å². The highest BCUT2D eigenvalue weighted by Gasteiger charge is 2.09. The average Bonchev–Trinajstić information content (AvgIpc) is 2.96. The zero-order valence-electron chi connectivity index (χ0n) is 13.0. The first kappa shape index (κ1) is 16.9. The first-order valence-corrected chi connectivity index (χ1v) is 7.89.